The molecule has 9 heteroatoms. The van der Waals surface area contributed by atoms with E-state index in [9.17, 15) is 24.0 Å². The Kier molecular flexibility index (Phi) is 6.00. The van der Waals surface area contributed by atoms with Gasteiger partial charge in [0.25, 0.3) is 5.91 Å². The first kappa shape index (κ1) is 21.2. The molecule has 3 rings (SSSR count). The summed E-state index contributed by atoms with van der Waals surface area (Å²) in [5.41, 5.74) is 0.543. The predicted molar refractivity (Wildman–Crippen MR) is 104 cm³/mol. The molecule has 1 aromatic rings. The van der Waals surface area contributed by atoms with Crippen molar-refractivity contribution < 1.29 is 28.7 Å². The number of esters is 1. The predicted octanol–water partition coefficient (Wildman–Crippen LogP) is 0.528. The molecule has 0 aromatic heterocycles. The van der Waals surface area contributed by atoms with E-state index < -0.39 is 29.6 Å². The Bertz CT molecular complexity index is 915. The molecule has 30 heavy (non-hydrogen) atoms. The van der Waals surface area contributed by atoms with Crippen LogP contribution in [0, 0.1) is 5.92 Å². The van der Waals surface area contributed by atoms with Gasteiger partial charge in [-0.3, -0.25) is 39.1 Å². The van der Waals surface area contributed by atoms with Crippen LogP contribution in [0.4, 0.5) is 0 Å². The Balaban J connectivity index is 2.30. The summed E-state index contributed by atoms with van der Waals surface area (Å²) in [4.78, 5) is 65.6. The number of imide groups is 1. The van der Waals surface area contributed by atoms with Crippen LogP contribution >= 0.6 is 0 Å². The summed E-state index contributed by atoms with van der Waals surface area (Å²) < 4.78 is 5.10. The minimum Gasteiger partial charge on any atom is -0.465 e. The fourth-order valence-corrected chi connectivity index (χ4v) is 3.91. The number of nitrogens with zero attached hydrogens (tertiary/aromatic N) is 2. The van der Waals surface area contributed by atoms with E-state index in [1.807, 2.05) is 0 Å². The number of rotatable bonds is 3. The fourth-order valence-electron chi connectivity index (χ4n) is 3.91. The molecule has 9 nitrogen and oxygen atoms in total. The quantitative estimate of drug-likeness (QED) is 0.335. The van der Waals surface area contributed by atoms with Gasteiger partial charge >= 0.3 is 5.97 Å². The molecule has 158 valence electrons. The Labute approximate surface area is 173 Å². The van der Waals surface area contributed by atoms with Crippen molar-refractivity contribution in [3.63, 3.8) is 0 Å². The lowest BCUT2D eigenvalue weighted by atomic mass is 9.76. The molecular weight excluding hydrogens is 390 g/mol. The molecule has 2 atom stereocenters. The summed E-state index contributed by atoms with van der Waals surface area (Å²) >= 11 is 0. The van der Waals surface area contributed by atoms with E-state index in [0.29, 0.717) is 5.56 Å². The Hall–Kier alpha value is -3.49. The van der Waals surface area contributed by atoms with Crippen LogP contribution in [0.3, 0.4) is 0 Å². The van der Waals surface area contributed by atoms with Gasteiger partial charge in [-0.15, -0.1) is 0 Å². The molecule has 2 saturated heterocycles. The van der Waals surface area contributed by atoms with Crippen LogP contribution in [-0.2, 0) is 28.7 Å². The smallest absolute Gasteiger partial charge is 0.319 e. The van der Waals surface area contributed by atoms with Crippen LogP contribution in [0.15, 0.2) is 41.7 Å². The van der Waals surface area contributed by atoms with Gasteiger partial charge in [0.15, 0.2) is 0 Å². The topological polar surface area (TPSA) is 113 Å². The monoisotopic (exact) mass is 413 g/mol. The lowest BCUT2D eigenvalue weighted by molar-refractivity contribution is -0.154. The van der Waals surface area contributed by atoms with Gasteiger partial charge in [-0.05, 0) is 12.5 Å². The number of hydrogen-bond acceptors (Lipinski definition) is 6. The van der Waals surface area contributed by atoms with Crippen molar-refractivity contribution in [3.05, 3.63) is 47.3 Å². The van der Waals surface area contributed by atoms with Gasteiger partial charge in [0.1, 0.15) is 11.7 Å². The van der Waals surface area contributed by atoms with E-state index in [4.69, 9.17) is 4.74 Å². The summed E-state index contributed by atoms with van der Waals surface area (Å²) in [6.07, 6.45) is 0. The van der Waals surface area contributed by atoms with Crippen LogP contribution < -0.4 is 5.32 Å². The zero-order valence-corrected chi connectivity index (χ0v) is 17.0. The van der Waals surface area contributed by atoms with Gasteiger partial charge in [0.2, 0.25) is 17.7 Å². The minimum atomic E-state index is -1.34. The van der Waals surface area contributed by atoms with Gasteiger partial charge in [0.05, 0.1) is 12.2 Å². The third-order valence-corrected chi connectivity index (χ3v) is 5.17. The van der Waals surface area contributed by atoms with Crippen LogP contribution in [0.2, 0.25) is 0 Å². The fraction of sp³-hybridized carbons (Fsp3) is 0.381. The molecule has 0 aliphatic carbocycles. The number of piperidine rings is 1. The van der Waals surface area contributed by atoms with Crippen molar-refractivity contribution in [2.75, 3.05) is 19.7 Å². The summed E-state index contributed by atoms with van der Waals surface area (Å²) in [5, 5.41) is 2.20. The van der Waals surface area contributed by atoms with Gasteiger partial charge in [-0.1, -0.05) is 30.3 Å². The highest BCUT2D eigenvalue weighted by Gasteiger charge is 2.49. The average molecular weight is 413 g/mol. The maximum absolute atomic E-state index is 13.0. The van der Waals surface area contributed by atoms with Crippen molar-refractivity contribution in [2.45, 2.75) is 26.7 Å². The van der Waals surface area contributed by atoms with Gasteiger partial charge in [-0.25, -0.2) is 0 Å². The molecule has 2 aliphatic heterocycles. The maximum atomic E-state index is 13.0. The van der Waals surface area contributed by atoms with E-state index >= 15 is 0 Å². The molecule has 2 aliphatic rings. The number of carbonyl (C=O) groups excluding carboxylic acids is 5. The van der Waals surface area contributed by atoms with Crippen molar-refractivity contribution in [1.82, 2.24) is 15.1 Å². The summed E-state index contributed by atoms with van der Waals surface area (Å²) in [6.45, 7) is 4.75. The Morgan fingerprint density at radius 2 is 1.60 bits per heavy atom. The first-order valence-electron chi connectivity index (χ1n) is 9.65. The van der Waals surface area contributed by atoms with E-state index in [1.54, 1.807) is 37.3 Å². The zero-order chi connectivity index (χ0) is 22.0. The molecule has 0 spiro atoms. The van der Waals surface area contributed by atoms with E-state index in [-0.39, 0.29) is 42.9 Å². The second-order valence-corrected chi connectivity index (χ2v) is 7.02. The van der Waals surface area contributed by atoms with Crippen molar-refractivity contribution in [3.8, 4) is 0 Å². The minimum absolute atomic E-state index is 0.0155. The van der Waals surface area contributed by atoms with Crippen LogP contribution in [0.5, 0.6) is 0 Å². The number of hydrogen-bond donors (Lipinski definition) is 1. The summed E-state index contributed by atoms with van der Waals surface area (Å²) in [6, 6.07) is 8.58. The van der Waals surface area contributed by atoms with Crippen LogP contribution in [0.25, 0.3) is 0 Å². The summed E-state index contributed by atoms with van der Waals surface area (Å²) in [5.74, 6) is -5.27. The molecular formula is C21H23N3O6. The third kappa shape index (κ3) is 3.70. The standard InChI is InChI=1S/C21H23N3O6/c1-4-30-21(29)17-15(14-8-6-5-7-9-14)16(18(27)22-19(17)28)20-23(12(2)25)10-11-24(20)13(3)26/h5-9,15,17H,4,10-11H2,1-3H3,(H,22,27,28)/t15-,17-/m1/s1. The zero-order valence-electron chi connectivity index (χ0n) is 17.0. The van der Waals surface area contributed by atoms with Crippen LogP contribution in [-0.4, -0.2) is 59.1 Å². The highest BCUT2D eigenvalue weighted by Crippen LogP contribution is 2.40. The van der Waals surface area contributed by atoms with Gasteiger partial charge in [-0.2, -0.15) is 0 Å². The second kappa shape index (κ2) is 8.48. The van der Waals surface area contributed by atoms with Crippen molar-refractivity contribution >= 4 is 29.6 Å². The summed E-state index contributed by atoms with van der Waals surface area (Å²) in [7, 11) is 0. The highest BCUT2D eigenvalue weighted by atomic mass is 16.5. The first-order chi connectivity index (χ1) is 14.3. The molecule has 4 amide bonds. The molecule has 0 bridgehead atoms. The molecule has 0 unspecified atom stereocenters. The van der Waals surface area contributed by atoms with E-state index in [2.05, 4.69) is 5.32 Å². The maximum Gasteiger partial charge on any atom is 0.319 e. The highest BCUT2D eigenvalue weighted by molar-refractivity contribution is 6.16. The Morgan fingerprint density at radius 1 is 1.03 bits per heavy atom. The first-order valence-corrected chi connectivity index (χ1v) is 9.65. The normalized spacial score (nSPS) is 21.6. The largest absolute Gasteiger partial charge is 0.465 e. The van der Waals surface area contributed by atoms with Gasteiger partial charge < -0.3 is 4.74 Å². The molecule has 1 aromatic carbocycles. The number of nitrogens with one attached hydrogen (secondary N) is 1. The number of benzene rings is 1. The average Bonchev–Trinajstić information content (AvgIpc) is 3.13. The van der Waals surface area contributed by atoms with Crippen LogP contribution in [0.1, 0.15) is 32.3 Å². The van der Waals surface area contributed by atoms with E-state index in [1.165, 1.54) is 23.6 Å². The molecule has 0 radical (unpaired) electrons. The molecule has 2 heterocycles. The molecule has 1 N–H and O–H groups in total. The van der Waals surface area contributed by atoms with Gasteiger partial charge in [0, 0.05) is 32.9 Å². The molecule has 0 saturated carbocycles. The Morgan fingerprint density at radius 3 is 2.10 bits per heavy atom. The molecule has 2 fully saturated rings. The second-order valence-electron chi connectivity index (χ2n) is 7.02. The van der Waals surface area contributed by atoms with Crippen molar-refractivity contribution in [1.29, 1.82) is 0 Å². The number of ether oxygens (including phenoxy) is 1. The number of amides is 4. The SMILES string of the molecule is CCOC(=O)[C@H]1C(=O)NC(=O)C(=C2N(C(C)=O)CCN2C(C)=O)[C@H]1c1ccccc1. The lowest BCUT2D eigenvalue weighted by Crippen LogP contribution is -2.51. The third-order valence-electron chi connectivity index (χ3n) is 5.17. The van der Waals surface area contributed by atoms with E-state index in [0.717, 1.165) is 0 Å². The number of carbonyl (C=O) groups is 5. The van der Waals surface area contributed by atoms with Crippen molar-refractivity contribution in [2.24, 2.45) is 5.92 Å². The lowest BCUT2D eigenvalue weighted by Gasteiger charge is -2.34.